The molecule has 210 valence electrons. The molecule has 0 radical (unpaired) electrons. The van der Waals surface area contributed by atoms with Crippen LogP contribution in [0, 0.1) is 5.92 Å². The van der Waals surface area contributed by atoms with Crippen molar-refractivity contribution < 1.29 is 23.6 Å². The van der Waals surface area contributed by atoms with Gasteiger partial charge < -0.3 is 24.2 Å². The monoisotopic (exact) mass is 544 g/mol. The Hall–Kier alpha value is -3.85. The van der Waals surface area contributed by atoms with Crippen LogP contribution in [0.25, 0.3) is 11.3 Å². The van der Waals surface area contributed by atoms with Crippen molar-refractivity contribution in [2.45, 2.75) is 44.2 Å². The number of nitrogens with zero attached hydrogens (tertiary/aromatic N) is 3. The number of amides is 2. The largest absolute Gasteiger partial charge is 0.493 e. The van der Waals surface area contributed by atoms with Crippen LogP contribution in [0.1, 0.15) is 54.3 Å². The van der Waals surface area contributed by atoms with Crippen molar-refractivity contribution in [3.63, 3.8) is 0 Å². The van der Waals surface area contributed by atoms with Crippen LogP contribution in [0.4, 0.5) is 0 Å². The third-order valence-electron chi connectivity index (χ3n) is 8.44. The van der Waals surface area contributed by atoms with E-state index in [1.54, 1.807) is 18.1 Å². The number of hydrogen-bond donors (Lipinski definition) is 1. The Morgan fingerprint density at radius 2 is 1.95 bits per heavy atom. The summed E-state index contributed by atoms with van der Waals surface area (Å²) in [6.07, 6.45) is 4.65. The Kier molecular flexibility index (Phi) is 7.73. The second kappa shape index (κ2) is 11.7. The number of fused-ring (bicyclic) bond motifs is 8. The van der Waals surface area contributed by atoms with Crippen molar-refractivity contribution in [1.82, 2.24) is 20.3 Å². The molecule has 9 heteroatoms. The molecule has 0 spiro atoms. The topological polar surface area (TPSA) is 97.1 Å². The van der Waals surface area contributed by atoms with Gasteiger partial charge >= 0.3 is 0 Å². The first-order valence-corrected chi connectivity index (χ1v) is 14.3. The molecule has 2 saturated heterocycles. The van der Waals surface area contributed by atoms with Crippen LogP contribution >= 0.6 is 0 Å². The summed E-state index contributed by atoms with van der Waals surface area (Å²) in [5.41, 5.74) is 2.69. The summed E-state index contributed by atoms with van der Waals surface area (Å²) in [6.45, 7) is 2.51. The Balaban J connectivity index is 1.22. The zero-order chi connectivity index (χ0) is 27.5. The normalized spacial score (nSPS) is 23.8. The van der Waals surface area contributed by atoms with Gasteiger partial charge in [-0.25, -0.2) is 0 Å². The van der Waals surface area contributed by atoms with Crippen molar-refractivity contribution in [2.75, 3.05) is 39.9 Å². The minimum atomic E-state index is -0.343. The van der Waals surface area contributed by atoms with Crippen molar-refractivity contribution in [3.8, 4) is 22.8 Å². The molecule has 2 aromatic carbocycles. The molecule has 4 heterocycles. The molecule has 0 aliphatic carbocycles. The van der Waals surface area contributed by atoms with Gasteiger partial charge in [-0.05, 0) is 62.3 Å². The van der Waals surface area contributed by atoms with Crippen molar-refractivity contribution in [1.29, 1.82) is 0 Å². The number of nitrogens with one attached hydrogen (secondary N) is 1. The van der Waals surface area contributed by atoms with E-state index < -0.39 is 0 Å². The van der Waals surface area contributed by atoms with Crippen molar-refractivity contribution >= 4 is 11.8 Å². The lowest BCUT2D eigenvalue weighted by molar-refractivity contribution is -0.122. The van der Waals surface area contributed by atoms with Gasteiger partial charge in [0.2, 0.25) is 11.7 Å². The first kappa shape index (κ1) is 26.4. The Morgan fingerprint density at radius 1 is 1.07 bits per heavy atom. The van der Waals surface area contributed by atoms with Gasteiger partial charge in [0.15, 0.2) is 11.5 Å². The maximum Gasteiger partial charge on any atom is 0.292 e. The van der Waals surface area contributed by atoms with E-state index in [-0.39, 0.29) is 24.1 Å². The van der Waals surface area contributed by atoms with Gasteiger partial charge in [-0.1, -0.05) is 41.6 Å². The highest BCUT2D eigenvalue weighted by Gasteiger charge is 2.44. The Labute approximate surface area is 234 Å². The summed E-state index contributed by atoms with van der Waals surface area (Å²) >= 11 is 0. The molecule has 1 aromatic heterocycles. The Morgan fingerprint density at radius 3 is 2.80 bits per heavy atom. The molecule has 0 unspecified atom stereocenters. The summed E-state index contributed by atoms with van der Waals surface area (Å²) in [5.74, 6) is 1.45. The average Bonchev–Trinajstić information content (AvgIpc) is 3.73. The van der Waals surface area contributed by atoms with Crippen LogP contribution in [0.3, 0.4) is 0 Å². The summed E-state index contributed by atoms with van der Waals surface area (Å²) in [7, 11) is 1.66. The van der Waals surface area contributed by atoms with Crippen LogP contribution < -0.4 is 14.8 Å². The van der Waals surface area contributed by atoms with E-state index in [1.807, 2.05) is 36.4 Å². The molecule has 4 bridgehead atoms. The van der Waals surface area contributed by atoms with E-state index in [9.17, 15) is 9.59 Å². The maximum atomic E-state index is 13.5. The number of rotatable bonds is 3. The lowest BCUT2D eigenvalue weighted by atomic mass is 9.94. The molecule has 2 amide bonds. The lowest BCUT2D eigenvalue weighted by Gasteiger charge is -2.25. The first-order valence-electron chi connectivity index (χ1n) is 14.3. The summed E-state index contributed by atoms with van der Waals surface area (Å²) in [4.78, 5) is 30.7. The average molecular weight is 545 g/mol. The fourth-order valence-corrected chi connectivity index (χ4v) is 6.44. The summed E-state index contributed by atoms with van der Waals surface area (Å²) < 4.78 is 17.2. The third kappa shape index (κ3) is 5.43. The Bertz CT molecular complexity index is 1340. The molecule has 1 N–H and O–H groups in total. The fraction of sp³-hybridized carbons (Fsp3) is 0.452. The van der Waals surface area contributed by atoms with Gasteiger partial charge in [0.1, 0.15) is 5.69 Å². The molecular formula is C31H36N4O5. The smallest absolute Gasteiger partial charge is 0.292 e. The van der Waals surface area contributed by atoms with E-state index in [4.69, 9.17) is 14.0 Å². The summed E-state index contributed by atoms with van der Waals surface area (Å²) in [6, 6.07) is 18.2. The van der Waals surface area contributed by atoms with Crippen LogP contribution in [-0.4, -0.2) is 72.7 Å². The minimum absolute atomic E-state index is 0.0293. The highest BCUT2D eigenvalue weighted by atomic mass is 16.5. The number of hydrogen-bond acceptors (Lipinski definition) is 7. The number of carbonyl (C=O) groups is 2. The van der Waals surface area contributed by atoms with Crippen molar-refractivity contribution in [2.24, 2.45) is 5.92 Å². The van der Waals surface area contributed by atoms with E-state index >= 15 is 0 Å². The minimum Gasteiger partial charge on any atom is -0.493 e. The molecule has 9 nitrogen and oxygen atoms in total. The van der Waals surface area contributed by atoms with Gasteiger partial charge in [-0.3, -0.25) is 14.5 Å². The van der Waals surface area contributed by atoms with Gasteiger partial charge in [0, 0.05) is 36.8 Å². The number of benzene rings is 2. The quantitative estimate of drug-likeness (QED) is 0.525. The van der Waals surface area contributed by atoms with Crippen LogP contribution in [-0.2, 0) is 4.79 Å². The number of methoxy groups -OCH3 is 1. The predicted molar refractivity (Wildman–Crippen MR) is 149 cm³/mol. The SMILES string of the molecule is COc1ccc2cc1OCCCCN(C(=O)c1cc(-c3ccccc3)no1)CC(=O)NC[C@H]1C[C@H]2N2CCC[C@@H]12. The van der Waals surface area contributed by atoms with Crippen LogP contribution in [0.2, 0.25) is 0 Å². The fourth-order valence-electron chi connectivity index (χ4n) is 6.44. The third-order valence-corrected chi connectivity index (χ3v) is 8.44. The maximum absolute atomic E-state index is 13.5. The highest BCUT2D eigenvalue weighted by Crippen LogP contribution is 2.46. The van der Waals surface area contributed by atoms with Crippen LogP contribution in [0.15, 0.2) is 59.1 Å². The number of aromatic nitrogens is 1. The molecule has 2 fully saturated rings. The number of ether oxygens (including phenoxy) is 2. The second-order valence-corrected chi connectivity index (χ2v) is 10.9. The number of carbonyl (C=O) groups excluding carboxylic acids is 2. The standard InChI is InChI=1S/C31H36N4O5/c1-38-27-12-11-22-17-28(27)39-15-6-5-13-34(31(37)29-18-24(33-40-29)21-8-3-2-4-9-21)20-30(36)32-19-23-16-26(22)35-14-7-10-25(23)35/h2-4,8-9,11-12,17-18,23,25-26H,5-7,10,13-16,19-20H2,1H3,(H,32,36)/t23-,25+,26-/m1/s1. The van der Waals surface area contributed by atoms with Gasteiger partial charge in [-0.2, -0.15) is 0 Å². The highest BCUT2D eigenvalue weighted by molar-refractivity contribution is 5.95. The van der Waals surface area contributed by atoms with Gasteiger partial charge in [-0.15, -0.1) is 0 Å². The van der Waals surface area contributed by atoms with E-state index in [0.717, 1.165) is 42.9 Å². The first-order chi connectivity index (χ1) is 19.6. The molecule has 3 aliphatic rings. The molecule has 6 rings (SSSR count). The molecule has 40 heavy (non-hydrogen) atoms. The second-order valence-electron chi connectivity index (χ2n) is 10.9. The molecule has 0 saturated carbocycles. The predicted octanol–water partition coefficient (Wildman–Crippen LogP) is 4.31. The zero-order valence-electron chi connectivity index (χ0n) is 22.9. The molecule has 3 aliphatic heterocycles. The lowest BCUT2D eigenvalue weighted by Crippen LogP contribution is -2.43. The van der Waals surface area contributed by atoms with Crippen LogP contribution in [0.5, 0.6) is 11.5 Å². The van der Waals surface area contributed by atoms with E-state index in [1.165, 1.54) is 5.56 Å². The van der Waals surface area contributed by atoms with Gasteiger partial charge in [0.05, 0.1) is 20.3 Å². The molecule has 3 aromatic rings. The van der Waals surface area contributed by atoms with E-state index in [2.05, 4.69) is 27.5 Å². The van der Waals surface area contributed by atoms with Crippen molar-refractivity contribution in [3.05, 3.63) is 65.9 Å². The van der Waals surface area contributed by atoms with Gasteiger partial charge in [0.25, 0.3) is 5.91 Å². The zero-order valence-corrected chi connectivity index (χ0v) is 22.9. The molecular weight excluding hydrogens is 508 g/mol. The van der Waals surface area contributed by atoms with E-state index in [0.29, 0.717) is 56.2 Å². The molecule has 3 atom stereocenters. The summed E-state index contributed by atoms with van der Waals surface area (Å²) in [5, 5.41) is 7.24.